The van der Waals surface area contributed by atoms with Gasteiger partial charge in [-0.3, -0.25) is 4.79 Å². The third-order valence-electron chi connectivity index (χ3n) is 5.61. The van der Waals surface area contributed by atoms with Crippen LogP contribution in [0.1, 0.15) is 38.4 Å². The molecule has 2 N–H and O–H groups in total. The smallest absolute Gasteiger partial charge is 0.337 e. The number of piperidine rings is 1. The van der Waals surface area contributed by atoms with Crippen LogP contribution in [0.5, 0.6) is 5.75 Å². The molecule has 0 unspecified atom stereocenters. The Morgan fingerprint density at radius 1 is 1.21 bits per heavy atom. The van der Waals surface area contributed by atoms with Gasteiger partial charge in [0.1, 0.15) is 9.96 Å². The van der Waals surface area contributed by atoms with E-state index in [-0.39, 0.29) is 35.3 Å². The maximum Gasteiger partial charge on any atom is 0.337 e. The number of hydrogen-bond acceptors (Lipinski definition) is 8. The number of nitrogens with one attached hydrogen (secondary N) is 1. The Hall–Kier alpha value is -2.51. The molecule has 2 aliphatic rings. The lowest BCUT2D eigenvalue weighted by molar-refractivity contribution is -0.179. The molecule has 1 amide bonds. The molecule has 2 saturated heterocycles. The van der Waals surface area contributed by atoms with Crippen LogP contribution in [0.25, 0.3) is 0 Å². The molecule has 10 nitrogen and oxygen atoms in total. The number of hydrogen-bond donors (Lipinski definition) is 2. The van der Waals surface area contributed by atoms with Crippen LogP contribution in [0, 0.1) is 0 Å². The molecule has 2 fully saturated rings. The topological polar surface area (TPSA) is 131 Å². The number of ether oxygens (including phenoxy) is 3. The minimum Gasteiger partial charge on any atom is -0.497 e. The van der Waals surface area contributed by atoms with Crippen LogP contribution in [-0.2, 0) is 26.0 Å². The summed E-state index contributed by atoms with van der Waals surface area (Å²) in [4.78, 5) is 24.6. The molecule has 1 spiro atoms. The lowest BCUT2D eigenvalue weighted by Gasteiger charge is -2.36. The van der Waals surface area contributed by atoms with Gasteiger partial charge in [-0.25, -0.2) is 13.2 Å². The van der Waals surface area contributed by atoms with Gasteiger partial charge in [0.05, 0.1) is 32.4 Å². The van der Waals surface area contributed by atoms with Crippen LogP contribution in [0.3, 0.4) is 0 Å². The summed E-state index contributed by atoms with van der Waals surface area (Å²) in [6.45, 7) is 1.28. The largest absolute Gasteiger partial charge is 0.497 e. The number of methoxy groups -OCH3 is 1. The van der Waals surface area contributed by atoms with Gasteiger partial charge in [0.15, 0.2) is 5.79 Å². The average molecular weight is 497 g/mol. The zero-order valence-electron chi connectivity index (χ0n) is 17.9. The van der Waals surface area contributed by atoms with E-state index in [9.17, 15) is 23.1 Å². The van der Waals surface area contributed by atoms with Crippen molar-refractivity contribution in [3.63, 3.8) is 0 Å². The van der Waals surface area contributed by atoms with Crippen LogP contribution in [-0.4, -0.2) is 68.9 Å². The van der Waals surface area contributed by atoms with Crippen LogP contribution in [0.2, 0.25) is 0 Å². The van der Waals surface area contributed by atoms with Crippen molar-refractivity contribution < 1.29 is 37.3 Å². The van der Waals surface area contributed by atoms with Crippen molar-refractivity contribution in [1.82, 2.24) is 9.62 Å². The summed E-state index contributed by atoms with van der Waals surface area (Å²) in [6, 6.07) is 7.87. The standard InChI is InChI=1S/C21H24N2O8S2/c1-29-15-4-2-3-14(11-15)18(24)22-13-16-12-17(19(25)26)20(32-16)33(27,28)23-7-5-21(6-8-23)30-9-10-31-21/h2-4,11-12H,5-10,13H2,1H3,(H,22,24)(H,25,26). The number of nitrogens with zero attached hydrogens (tertiary/aromatic N) is 1. The van der Waals surface area contributed by atoms with Crippen molar-refractivity contribution in [2.75, 3.05) is 33.4 Å². The number of carboxylic acids is 1. The Morgan fingerprint density at radius 3 is 2.55 bits per heavy atom. The minimum absolute atomic E-state index is 0.0126. The fourth-order valence-electron chi connectivity index (χ4n) is 3.86. The van der Waals surface area contributed by atoms with Gasteiger partial charge in [-0.05, 0) is 24.3 Å². The normalized spacial score (nSPS) is 18.3. The highest BCUT2D eigenvalue weighted by molar-refractivity contribution is 7.91. The SMILES string of the molecule is COc1cccc(C(=O)NCc2cc(C(=O)O)c(S(=O)(=O)N3CCC4(CC3)OCCO4)s2)c1. The van der Waals surface area contributed by atoms with E-state index in [2.05, 4.69) is 5.32 Å². The second-order valence-electron chi connectivity index (χ2n) is 7.65. The first-order valence-corrected chi connectivity index (χ1v) is 12.6. The van der Waals surface area contributed by atoms with E-state index >= 15 is 0 Å². The first kappa shape index (κ1) is 23.6. The Bertz CT molecular complexity index is 1140. The molecule has 12 heteroatoms. The van der Waals surface area contributed by atoms with Gasteiger partial charge in [0.2, 0.25) is 0 Å². The molecule has 0 bridgehead atoms. The molecule has 0 radical (unpaired) electrons. The Morgan fingerprint density at radius 2 is 1.91 bits per heavy atom. The lowest BCUT2D eigenvalue weighted by atomic mass is 10.1. The van der Waals surface area contributed by atoms with Gasteiger partial charge in [-0.1, -0.05) is 6.07 Å². The quantitative estimate of drug-likeness (QED) is 0.594. The summed E-state index contributed by atoms with van der Waals surface area (Å²) in [5.41, 5.74) is 0.0649. The summed E-state index contributed by atoms with van der Waals surface area (Å²) in [5.74, 6) is -1.95. The lowest BCUT2D eigenvalue weighted by Crippen LogP contribution is -2.47. The van der Waals surface area contributed by atoms with Crippen molar-refractivity contribution in [2.45, 2.75) is 29.4 Å². The summed E-state index contributed by atoms with van der Waals surface area (Å²) < 4.78 is 43.9. The molecule has 0 atom stereocenters. The number of amides is 1. The highest BCUT2D eigenvalue weighted by atomic mass is 32.2. The second-order valence-corrected chi connectivity index (χ2v) is 10.9. The van der Waals surface area contributed by atoms with Crippen molar-refractivity contribution in [3.05, 3.63) is 46.3 Å². The molecule has 2 aliphatic heterocycles. The number of sulfonamides is 1. The molecule has 178 valence electrons. The van der Waals surface area contributed by atoms with E-state index in [0.717, 1.165) is 11.3 Å². The Kier molecular flexibility index (Phi) is 6.73. The number of carbonyl (C=O) groups excluding carboxylic acids is 1. The molecular formula is C21H24N2O8S2. The van der Waals surface area contributed by atoms with Gasteiger partial charge in [-0.15, -0.1) is 11.3 Å². The number of carbonyl (C=O) groups is 2. The van der Waals surface area contributed by atoms with Gasteiger partial charge >= 0.3 is 5.97 Å². The van der Waals surface area contributed by atoms with E-state index in [0.29, 0.717) is 42.2 Å². The molecule has 2 aromatic rings. The van der Waals surface area contributed by atoms with Crippen molar-refractivity contribution in [2.24, 2.45) is 0 Å². The van der Waals surface area contributed by atoms with Crippen molar-refractivity contribution in [1.29, 1.82) is 0 Å². The van der Waals surface area contributed by atoms with Crippen LogP contribution in [0.15, 0.2) is 34.5 Å². The van der Waals surface area contributed by atoms with Crippen LogP contribution in [0.4, 0.5) is 0 Å². The predicted octanol–water partition coefficient (Wildman–Crippen LogP) is 1.91. The van der Waals surface area contributed by atoms with E-state index < -0.39 is 21.8 Å². The van der Waals surface area contributed by atoms with E-state index in [1.807, 2.05) is 0 Å². The Labute approximate surface area is 195 Å². The minimum atomic E-state index is -4.03. The van der Waals surface area contributed by atoms with Crippen LogP contribution >= 0.6 is 11.3 Å². The zero-order valence-corrected chi connectivity index (χ0v) is 19.5. The fourth-order valence-corrected chi connectivity index (χ4v) is 7.05. The van der Waals surface area contributed by atoms with Crippen molar-refractivity contribution >= 4 is 33.2 Å². The summed E-state index contributed by atoms with van der Waals surface area (Å²) in [7, 11) is -2.54. The van der Waals surface area contributed by atoms with E-state index in [1.165, 1.54) is 17.5 Å². The van der Waals surface area contributed by atoms with Gasteiger partial charge < -0.3 is 24.6 Å². The third kappa shape index (κ3) is 4.89. The number of aromatic carboxylic acids is 1. The highest BCUT2D eigenvalue weighted by Gasteiger charge is 2.43. The van der Waals surface area contributed by atoms with Gasteiger partial charge in [-0.2, -0.15) is 4.31 Å². The Balaban J connectivity index is 1.49. The average Bonchev–Trinajstić information content (AvgIpc) is 3.46. The van der Waals surface area contributed by atoms with E-state index in [1.54, 1.807) is 24.3 Å². The molecule has 0 saturated carbocycles. The first-order chi connectivity index (χ1) is 15.7. The van der Waals surface area contributed by atoms with Crippen LogP contribution < -0.4 is 10.1 Å². The maximum atomic E-state index is 13.2. The molecule has 0 aliphatic carbocycles. The zero-order chi connectivity index (χ0) is 23.6. The summed E-state index contributed by atoms with van der Waals surface area (Å²) >= 11 is 0.845. The first-order valence-electron chi connectivity index (χ1n) is 10.3. The maximum absolute atomic E-state index is 13.2. The number of rotatable bonds is 7. The monoisotopic (exact) mass is 496 g/mol. The molecule has 4 rings (SSSR count). The van der Waals surface area contributed by atoms with Gasteiger partial charge in [0, 0.05) is 36.4 Å². The number of benzene rings is 1. The molecule has 3 heterocycles. The fraction of sp³-hybridized carbons (Fsp3) is 0.429. The van der Waals surface area contributed by atoms with Gasteiger partial charge in [0.25, 0.3) is 15.9 Å². The highest BCUT2D eigenvalue weighted by Crippen LogP contribution is 2.36. The predicted molar refractivity (Wildman–Crippen MR) is 118 cm³/mol. The van der Waals surface area contributed by atoms with Crippen molar-refractivity contribution in [3.8, 4) is 5.75 Å². The second kappa shape index (κ2) is 9.39. The molecule has 1 aromatic carbocycles. The third-order valence-corrected chi connectivity index (χ3v) is 9.15. The van der Waals surface area contributed by atoms with E-state index in [4.69, 9.17) is 14.2 Å². The molecule has 33 heavy (non-hydrogen) atoms. The molecular weight excluding hydrogens is 472 g/mol. The summed E-state index contributed by atoms with van der Waals surface area (Å²) in [5, 5.41) is 12.3. The number of thiophene rings is 1. The summed E-state index contributed by atoms with van der Waals surface area (Å²) in [6.07, 6.45) is 0.757. The molecule has 1 aromatic heterocycles. The number of carboxylic acid groups (broad SMARTS) is 1.